The molecule has 0 aromatic heterocycles. The van der Waals surface area contributed by atoms with Crippen molar-refractivity contribution in [1.82, 2.24) is 0 Å². The Morgan fingerprint density at radius 1 is 0.605 bits per heavy atom. The average Bonchev–Trinajstić information content (AvgIpc) is 3.74. The van der Waals surface area contributed by atoms with Gasteiger partial charge >= 0.3 is 0 Å². The van der Waals surface area contributed by atoms with Crippen LogP contribution < -0.4 is 14.2 Å². The van der Waals surface area contributed by atoms with Crippen molar-refractivity contribution in [3.8, 4) is 17.2 Å². The van der Waals surface area contributed by atoms with Gasteiger partial charge < -0.3 is 28.4 Å². The Labute approximate surface area is 263 Å². The lowest BCUT2D eigenvalue weighted by atomic mass is 9.71. The van der Waals surface area contributed by atoms with Gasteiger partial charge in [0.25, 0.3) is 0 Å². The Morgan fingerprint density at radius 3 is 1.13 bits per heavy atom. The summed E-state index contributed by atoms with van der Waals surface area (Å²) >= 11 is 7.11. The number of hydrogen-bond acceptors (Lipinski definition) is 6. The highest BCUT2D eigenvalue weighted by Crippen LogP contribution is 2.43. The molecule has 0 radical (unpaired) electrons. The van der Waals surface area contributed by atoms with E-state index in [1.807, 2.05) is 0 Å². The minimum Gasteiger partial charge on any atom is -0.490 e. The molecule has 9 heteroatoms. The van der Waals surface area contributed by atoms with Gasteiger partial charge in [0, 0.05) is 5.41 Å². The molecule has 3 aromatic rings. The predicted molar refractivity (Wildman–Crippen MR) is 169 cm³/mol. The quantitative estimate of drug-likeness (QED) is 0.123. The summed E-state index contributed by atoms with van der Waals surface area (Å²) in [4.78, 5) is 0. The molecule has 200 valence electrons. The van der Waals surface area contributed by atoms with Gasteiger partial charge in [-0.1, -0.05) is 18.2 Å². The number of halogens is 3. The highest BCUT2D eigenvalue weighted by molar-refractivity contribution is 14.1. The summed E-state index contributed by atoms with van der Waals surface area (Å²) in [6.45, 7) is 6.39. The van der Waals surface area contributed by atoms with Crippen LogP contribution in [-0.2, 0) is 19.6 Å². The molecule has 3 unspecified atom stereocenters. The molecule has 0 bridgehead atoms. The van der Waals surface area contributed by atoms with Gasteiger partial charge in [-0.3, -0.25) is 0 Å². The predicted octanol–water partition coefficient (Wildman–Crippen LogP) is 6.19. The fraction of sp³-hybridized carbons (Fsp3) is 0.379. The molecule has 0 amide bonds. The van der Waals surface area contributed by atoms with E-state index in [0.717, 1.165) is 47.8 Å². The van der Waals surface area contributed by atoms with Gasteiger partial charge in [-0.25, -0.2) is 0 Å². The molecule has 0 aliphatic carbocycles. The molecule has 3 saturated heterocycles. The fourth-order valence-corrected chi connectivity index (χ4v) is 6.34. The van der Waals surface area contributed by atoms with Crippen LogP contribution in [0.5, 0.6) is 17.2 Å². The molecule has 6 rings (SSSR count). The lowest BCUT2D eigenvalue weighted by molar-refractivity contribution is 0.261. The maximum atomic E-state index is 6.02. The van der Waals surface area contributed by atoms with Gasteiger partial charge in [-0.2, -0.15) is 0 Å². The van der Waals surface area contributed by atoms with Gasteiger partial charge in [0.05, 0.1) is 30.5 Å². The topological polar surface area (TPSA) is 65.3 Å². The van der Waals surface area contributed by atoms with Crippen LogP contribution in [0.3, 0.4) is 0 Å². The van der Waals surface area contributed by atoms with E-state index in [9.17, 15) is 0 Å². The van der Waals surface area contributed by atoms with Crippen LogP contribution in [0.25, 0.3) is 0 Å². The molecular formula is C29H27I3O6. The first-order chi connectivity index (χ1) is 18.4. The third-order valence-corrected chi connectivity index (χ3v) is 9.54. The summed E-state index contributed by atoms with van der Waals surface area (Å²) in [7, 11) is 0. The molecule has 3 atom stereocenters. The Hall–Kier alpha value is -0.870. The summed E-state index contributed by atoms with van der Waals surface area (Å²) in [6, 6.07) is 19.4. The molecule has 0 saturated carbocycles. The van der Waals surface area contributed by atoms with Crippen molar-refractivity contribution in [1.29, 1.82) is 0 Å². The van der Waals surface area contributed by atoms with E-state index >= 15 is 0 Å². The van der Waals surface area contributed by atoms with Crippen molar-refractivity contribution >= 4 is 67.8 Å². The first-order valence-electron chi connectivity index (χ1n) is 12.5. The monoisotopic (exact) mass is 852 g/mol. The zero-order valence-electron chi connectivity index (χ0n) is 20.8. The molecule has 3 fully saturated rings. The second-order valence-electron chi connectivity index (χ2n) is 9.86. The zero-order valence-corrected chi connectivity index (χ0v) is 27.2. The summed E-state index contributed by atoms with van der Waals surface area (Å²) < 4.78 is 37.2. The van der Waals surface area contributed by atoms with E-state index in [1.165, 1.54) is 16.7 Å². The van der Waals surface area contributed by atoms with Crippen LogP contribution in [-0.4, -0.2) is 58.0 Å². The first-order valence-corrected chi connectivity index (χ1v) is 15.8. The Bertz CT molecular complexity index is 1160. The summed E-state index contributed by atoms with van der Waals surface area (Å²) in [6.07, 6.45) is 0.665. The molecule has 6 nitrogen and oxygen atoms in total. The van der Waals surface area contributed by atoms with Crippen molar-refractivity contribution in [2.75, 3.05) is 39.6 Å². The van der Waals surface area contributed by atoms with Crippen molar-refractivity contribution < 1.29 is 28.4 Å². The molecule has 3 aliphatic heterocycles. The molecule has 0 spiro atoms. The lowest BCUT2D eigenvalue weighted by Crippen LogP contribution is -2.26. The Morgan fingerprint density at radius 2 is 0.895 bits per heavy atom. The van der Waals surface area contributed by atoms with Gasteiger partial charge in [-0.05, 0) is 128 Å². The third kappa shape index (κ3) is 6.37. The average molecular weight is 852 g/mol. The standard InChI is InChI=1S/C29H27I3O6/c1-29(17-2-5-26(23(30)8-17)36-14-20-11-33-20,18-3-6-27(24(31)9-18)37-15-21-12-34-21)19-4-7-28(25(32)10-19)38-16-22-13-35-22/h2-10,20-22H,11-16H2,1H3. The summed E-state index contributed by atoms with van der Waals surface area (Å²) in [5.74, 6) is 2.65. The van der Waals surface area contributed by atoms with Crippen LogP contribution in [0.15, 0.2) is 54.6 Å². The van der Waals surface area contributed by atoms with Crippen molar-refractivity contribution in [3.05, 3.63) is 82.0 Å². The Kier molecular flexibility index (Phi) is 8.30. The van der Waals surface area contributed by atoms with Crippen LogP contribution in [0.4, 0.5) is 0 Å². The molecule has 38 heavy (non-hydrogen) atoms. The van der Waals surface area contributed by atoms with E-state index in [1.54, 1.807) is 0 Å². The highest BCUT2D eigenvalue weighted by atomic mass is 127. The molecule has 3 aliphatic rings. The van der Waals surface area contributed by atoms with E-state index < -0.39 is 5.41 Å². The Balaban J connectivity index is 1.35. The van der Waals surface area contributed by atoms with E-state index in [2.05, 4.69) is 129 Å². The minimum absolute atomic E-state index is 0.222. The normalized spacial score (nSPS) is 22.9. The maximum absolute atomic E-state index is 6.02. The molecular weight excluding hydrogens is 825 g/mol. The van der Waals surface area contributed by atoms with Gasteiger partial charge in [0.15, 0.2) is 0 Å². The fourth-order valence-electron chi connectivity index (χ4n) is 4.33. The number of rotatable bonds is 12. The smallest absolute Gasteiger partial charge is 0.132 e. The summed E-state index contributed by atoms with van der Waals surface area (Å²) in [5.41, 5.74) is 3.13. The number of hydrogen-bond donors (Lipinski definition) is 0. The molecule has 0 N–H and O–H groups in total. The number of epoxide rings is 3. The van der Waals surface area contributed by atoms with Crippen molar-refractivity contribution in [3.63, 3.8) is 0 Å². The largest absolute Gasteiger partial charge is 0.490 e. The van der Waals surface area contributed by atoms with Gasteiger partial charge in [0.2, 0.25) is 0 Å². The molecule has 3 heterocycles. The van der Waals surface area contributed by atoms with Crippen LogP contribution in [0.1, 0.15) is 23.6 Å². The number of ether oxygens (including phenoxy) is 6. The second kappa shape index (κ2) is 11.6. The van der Waals surface area contributed by atoms with Crippen LogP contribution in [0.2, 0.25) is 0 Å². The van der Waals surface area contributed by atoms with Crippen molar-refractivity contribution in [2.45, 2.75) is 30.7 Å². The SMILES string of the molecule is CC(c1ccc(OCC2CO2)c(I)c1)(c1ccc(OCC2CO2)c(I)c1)c1ccc(OCC2CO2)c(I)c1. The maximum Gasteiger partial charge on any atom is 0.132 e. The van der Waals surface area contributed by atoms with Gasteiger partial charge in [-0.15, -0.1) is 0 Å². The van der Waals surface area contributed by atoms with Crippen molar-refractivity contribution in [2.24, 2.45) is 0 Å². The second-order valence-corrected chi connectivity index (χ2v) is 13.3. The third-order valence-electron chi connectivity index (χ3n) is 7.01. The number of benzene rings is 3. The highest BCUT2D eigenvalue weighted by Gasteiger charge is 2.34. The van der Waals surface area contributed by atoms with E-state index in [0.29, 0.717) is 19.8 Å². The van der Waals surface area contributed by atoms with Crippen LogP contribution in [0, 0.1) is 10.7 Å². The summed E-state index contributed by atoms with van der Waals surface area (Å²) in [5, 5.41) is 0. The minimum atomic E-state index is -0.422. The van der Waals surface area contributed by atoms with E-state index in [-0.39, 0.29) is 18.3 Å². The first kappa shape index (κ1) is 27.3. The lowest BCUT2D eigenvalue weighted by Gasteiger charge is -2.33. The van der Waals surface area contributed by atoms with Gasteiger partial charge in [0.1, 0.15) is 55.4 Å². The zero-order chi connectivity index (χ0) is 26.3. The van der Waals surface area contributed by atoms with Crippen LogP contribution >= 0.6 is 67.8 Å². The van der Waals surface area contributed by atoms with E-state index in [4.69, 9.17) is 28.4 Å². The molecule has 3 aromatic carbocycles.